The van der Waals surface area contributed by atoms with Crippen molar-refractivity contribution in [3.63, 3.8) is 0 Å². The molecular weight excluding hydrogens is 128 g/mol. The smallest absolute Gasteiger partial charge is 0.222 e. The molecule has 0 spiro atoms. The van der Waals surface area contributed by atoms with Crippen molar-refractivity contribution in [1.82, 2.24) is 0 Å². The van der Waals surface area contributed by atoms with Crippen molar-refractivity contribution >= 4 is 6.21 Å². The molecule has 0 aromatic heterocycles. The lowest BCUT2D eigenvalue weighted by atomic mass is 10.4. The molecule has 0 aromatic carbocycles. The summed E-state index contributed by atoms with van der Waals surface area (Å²) in [5.41, 5.74) is 0. The van der Waals surface area contributed by atoms with Crippen LogP contribution in [0.25, 0.3) is 0 Å². The third-order valence-electron chi connectivity index (χ3n) is 1.55. The van der Waals surface area contributed by atoms with E-state index in [1.165, 1.54) is 0 Å². The Labute approximate surface area is 61.8 Å². The zero-order chi connectivity index (χ0) is 6.91. The van der Waals surface area contributed by atoms with Crippen LogP contribution in [0.1, 0.15) is 0 Å². The van der Waals surface area contributed by atoms with Gasteiger partial charge in [0.05, 0.1) is 14.1 Å². The predicted molar refractivity (Wildman–Crippen MR) is 42.0 cm³/mol. The van der Waals surface area contributed by atoms with E-state index in [9.17, 15) is 0 Å². The molecule has 0 saturated heterocycles. The maximum absolute atomic E-state index is 2.18. The highest BCUT2D eigenvalue weighted by molar-refractivity contribution is 5.53. The number of nitrogens with zero attached hydrogens (tertiary/aromatic N) is 2. The molecule has 2 N–H and O–H groups in total. The van der Waals surface area contributed by atoms with Gasteiger partial charge in [-0.05, 0) is 0 Å². The summed E-state index contributed by atoms with van der Waals surface area (Å²) in [5, 5.41) is 0. The molecule has 0 fully saturated rings. The maximum atomic E-state index is 2.18. The Morgan fingerprint density at radius 1 is 1.40 bits per heavy atom. The molecule has 1 aliphatic heterocycles. The minimum Gasteiger partial charge on any atom is -0.412 e. The fourth-order valence-electron chi connectivity index (χ4n) is 0.747. The molecule has 3 nitrogen and oxygen atoms in total. The Morgan fingerprint density at radius 2 is 2.00 bits per heavy atom. The zero-order valence-corrected chi connectivity index (χ0v) is 6.83. The van der Waals surface area contributed by atoms with E-state index in [0.29, 0.717) is 0 Å². The van der Waals surface area contributed by atoms with Crippen LogP contribution in [-0.4, -0.2) is 48.4 Å². The number of hydrogen-bond acceptors (Lipinski definition) is 0. The molecular formula is C7H16N2O+2. The number of rotatable bonds is 0. The van der Waals surface area contributed by atoms with Crippen LogP contribution in [0.3, 0.4) is 0 Å². The van der Waals surface area contributed by atoms with E-state index >= 15 is 0 Å². The van der Waals surface area contributed by atoms with Crippen LogP contribution in [0, 0.1) is 0 Å². The van der Waals surface area contributed by atoms with Gasteiger partial charge in [0, 0.05) is 0 Å². The van der Waals surface area contributed by atoms with Crippen molar-refractivity contribution in [3.05, 3.63) is 12.4 Å². The second-order valence-electron chi connectivity index (χ2n) is 3.11. The summed E-state index contributed by atoms with van der Waals surface area (Å²) in [7, 11) is 6.41. The minimum atomic E-state index is 0. The number of hydrogen-bond donors (Lipinski definition) is 0. The maximum Gasteiger partial charge on any atom is 0.222 e. The van der Waals surface area contributed by atoms with E-state index in [4.69, 9.17) is 0 Å². The van der Waals surface area contributed by atoms with Gasteiger partial charge >= 0.3 is 0 Å². The summed E-state index contributed by atoms with van der Waals surface area (Å²) < 4.78 is 3.05. The molecule has 0 amide bonds. The fraction of sp³-hybridized carbons (Fsp3) is 0.571. The Kier molecular flexibility index (Phi) is 2.75. The lowest BCUT2D eigenvalue weighted by Crippen LogP contribution is -2.38. The van der Waals surface area contributed by atoms with Crippen LogP contribution < -0.4 is 0 Å². The van der Waals surface area contributed by atoms with Crippen molar-refractivity contribution < 1.29 is 14.5 Å². The Bertz CT molecular complexity index is 170. The monoisotopic (exact) mass is 144 g/mol. The van der Waals surface area contributed by atoms with E-state index < -0.39 is 0 Å². The second kappa shape index (κ2) is 2.94. The molecule has 1 rings (SSSR count). The summed E-state index contributed by atoms with van der Waals surface area (Å²) in [5.74, 6) is 0. The first-order chi connectivity index (χ1) is 4.10. The van der Waals surface area contributed by atoms with Crippen LogP contribution in [0.15, 0.2) is 12.4 Å². The molecule has 0 atom stereocenters. The van der Waals surface area contributed by atoms with Crippen molar-refractivity contribution in [3.8, 4) is 0 Å². The Balaban J connectivity index is 0.000000810. The average Bonchev–Trinajstić information content (AvgIpc) is 1.78. The standard InChI is InChI=1S/C7H14N2.H2O/c1-8-4-6-9(2,3)7-5-8;/h4-6H,7H2,1-3H3;1H2/q+2;. The molecule has 0 unspecified atom stereocenters. The molecule has 10 heavy (non-hydrogen) atoms. The third kappa shape index (κ3) is 2.29. The lowest BCUT2D eigenvalue weighted by Gasteiger charge is -2.22. The first-order valence-electron chi connectivity index (χ1n) is 3.17. The normalized spacial score (nSPS) is 21.3. The molecule has 0 bridgehead atoms. The Morgan fingerprint density at radius 3 is 2.30 bits per heavy atom. The summed E-state index contributed by atoms with van der Waals surface area (Å²) >= 11 is 0. The topological polar surface area (TPSA) is 34.5 Å². The third-order valence-corrected chi connectivity index (χ3v) is 1.55. The van der Waals surface area contributed by atoms with E-state index in [0.717, 1.165) is 11.0 Å². The van der Waals surface area contributed by atoms with E-state index in [1.54, 1.807) is 0 Å². The van der Waals surface area contributed by atoms with Gasteiger partial charge in [-0.25, -0.2) is 4.58 Å². The predicted octanol–water partition coefficient (Wildman–Crippen LogP) is -0.564. The van der Waals surface area contributed by atoms with Crippen molar-refractivity contribution in [2.24, 2.45) is 0 Å². The molecule has 1 aliphatic rings. The van der Waals surface area contributed by atoms with E-state index in [2.05, 4.69) is 44.3 Å². The molecule has 0 aliphatic carbocycles. The van der Waals surface area contributed by atoms with Gasteiger partial charge < -0.3 is 5.48 Å². The Hall–Kier alpha value is -0.670. The molecule has 0 saturated carbocycles. The first kappa shape index (κ1) is 9.33. The molecule has 58 valence electrons. The molecule has 1 heterocycles. The molecule has 0 radical (unpaired) electrons. The zero-order valence-electron chi connectivity index (χ0n) is 6.83. The first-order valence-corrected chi connectivity index (χ1v) is 3.17. The summed E-state index contributed by atoms with van der Waals surface area (Å²) in [6.45, 7) is 1.09. The van der Waals surface area contributed by atoms with Gasteiger partial charge in [-0.3, -0.25) is 4.48 Å². The SMILES string of the molecule is C[N+]1=CC[N+](C)(C)C=C1.O. The van der Waals surface area contributed by atoms with Gasteiger partial charge in [0.15, 0.2) is 12.7 Å². The second-order valence-corrected chi connectivity index (χ2v) is 3.11. The quantitative estimate of drug-likeness (QED) is 0.322. The van der Waals surface area contributed by atoms with Crippen molar-refractivity contribution in [2.75, 3.05) is 27.7 Å². The summed E-state index contributed by atoms with van der Waals surface area (Å²) in [6.07, 6.45) is 6.45. The van der Waals surface area contributed by atoms with Gasteiger partial charge in [0.2, 0.25) is 12.4 Å². The van der Waals surface area contributed by atoms with Crippen LogP contribution >= 0.6 is 0 Å². The van der Waals surface area contributed by atoms with Crippen LogP contribution in [0.5, 0.6) is 0 Å². The van der Waals surface area contributed by atoms with Crippen molar-refractivity contribution in [1.29, 1.82) is 0 Å². The summed E-state index contributed by atoms with van der Waals surface area (Å²) in [4.78, 5) is 0. The highest BCUT2D eigenvalue weighted by atomic mass is 16.0. The van der Waals surface area contributed by atoms with Crippen molar-refractivity contribution in [2.45, 2.75) is 0 Å². The van der Waals surface area contributed by atoms with Gasteiger partial charge in [-0.15, -0.1) is 0 Å². The van der Waals surface area contributed by atoms with Crippen LogP contribution in [0.4, 0.5) is 0 Å². The average molecular weight is 144 g/mol. The van der Waals surface area contributed by atoms with E-state index in [1.807, 2.05) is 0 Å². The number of quaternary nitrogens is 1. The molecule has 0 aromatic rings. The van der Waals surface area contributed by atoms with Gasteiger partial charge in [-0.1, -0.05) is 0 Å². The van der Waals surface area contributed by atoms with Crippen LogP contribution in [-0.2, 0) is 0 Å². The summed E-state index contributed by atoms with van der Waals surface area (Å²) in [6, 6.07) is 0. The largest absolute Gasteiger partial charge is 0.412 e. The van der Waals surface area contributed by atoms with Crippen LogP contribution in [0.2, 0.25) is 0 Å². The van der Waals surface area contributed by atoms with Gasteiger partial charge in [0.1, 0.15) is 7.05 Å². The highest BCUT2D eigenvalue weighted by Gasteiger charge is 2.16. The fourth-order valence-corrected chi connectivity index (χ4v) is 0.747. The molecule has 3 heteroatoms. The highest BCUT2D eigenvalue weighted by Crippen LogP contribution is 1.99. The minimum absolute atomic E-state index is 0. The lowest BCUT2D eigenvalue weighted by molar-refractivity contribution is -0.836. The van der Waals surface area contributed by atoms with Gasteiger partial charge in [0.25, 0.3) is 0 Å². The van der Waals surface area contributed by atoms with Gasteiger partial charge in [-0.2, -0.15) is 0 Å². The van der Waals surface area contributed by atoms with E-state index in [-0.39, 0.29) is 5.48 Å².